The molecular weight excluding hydrogens is 304 g/mol. The third kappa shape index (κ3) is 8.28. The van der Waals surface area contributed by atoms with Gasteiger partial charge in [-0.2, -0.15) is 0 Å². The van der Waals surface area contributed by atoms with E-state index in [0.29, 0.717) is 6.42 Å². The number of aliphatic hydroxyl groups is 2. The second-order valence-corrected chi connectivity index (χ2v) is 7.45. The summed E-state index contributed by atoms with van der Waals surface area (Å²) in [6.45, 7) is 2.30. The van der Waals surface area contributed by atoms with E-state index >= 15 is 0 Å². The third-order valence-corrected chi connectivity index (χ3v) is 5.12. The molecule has 0 bridgehead atoms. The highest BCUT2D eigenvalue weighted by atomic mass is 16.8. The highest BCUT2D eigenvalue weighted by molar-refractivity contribution is 5.00. The summed E-state index contributed by atoms with van der Waals surface area (Å²) in [5, 5.41) is 19.9. The summed E-state index contributed by atoms with van der Waals surface area (Å²) in [7, 11) is 1.49. The largest absolute Gasteiger partial charge is 0.379 e. The van der Waals surface area contributed by atoms with Crippen molar-refractivity contribution in [1.29, 1.82) is 0 Å². The highest BCUT2D eigenvalue weighted by Crippen LogP contribution is 2.47. The lowest BCUT2D eigenvalue weighted by molar-refractivity contribution is -0.0390. The van der Waals surface area contributed by atoms with Crippen LogP contribution < -0.4 is 0 Å². The molecule has 0 aliphatic carbocycles. The van der Waals surface area contributed by atoms with Gasteiger partial charge in [-0.3, -0.25) is 0 Å². The van der Waals surface area contributed by atoms with E-state index in [0.717, 1.165) is 12.8 Å². The van der Waals surface area contributed by atoms with Gasteiger partial charge in [0.25, 0.3) is 0 Å². The Bertz CT molecular complexity index is 310. The molecule has 144 valence electrons. The van der Waals surface area contributed by atoms with Gasteiger partial charge in [-0.15, -0.1) is 0 Å². The van der Waals surface area contributed by atoms with E-state index in [1.807, 2.05) is 0 Å². The normalized spacial score (nSPS) is 26.0. The van der Waals surface area contributed by atoms with Crippen molar-refractivity contribution in [2.45, 2.75) is 115 Å². The minimum absolute atomic E-state index is 0.0299. The van der Waals surface area contributed by atoms with Gasteiger partial charge in [-0.25, -0.2) is 0 Å². The zero-order valence-electron chi connectivity index (χ0n) is 16.0. The Morgan fingerprint density at radius 2 is 1.08 bits per heavy atom. The Morgan fingerprint density at radius 1 is 0.667 bits per heavy atom. The van der Waals surface area contributed by atoms with Crippen LogP contribution in [0.2, 0.25) is 0 Å². The van der Waals surface area contributed by atoms with Crippen molar-refractivity contribution < 1.29 is 19.7 Å². The Balaban J connectivity index is 1.79. The van der Waals surface area contributed by atoms with Gasteiger partial charge in [0, 0.05) is 13.5 Å². The van der Waals surface area contributed by atoms with Crippen molar-refractivity contribution in [2.24, 2.45) is 0 Å². The summed E-state index contributed by atoms with van der Waals surface area (Å²) in [6, 6.07) is 0. The second kappa shape index (κ2) is 12.2. The molecule has 1 aliphatic heterocycles. The molecular formula is C20H40O4. The summed E-state index contributed by atoms with van der Waals surface area (Å²) in [6.07, 6.45) is 18.8. The molecule has 0 aromatic heterocycles. The minimum Gasteiger partial charge on any atom is -0.379 e. The van der Waals surface area contributed by atoms with Gasteiger partial charge >= 0.3 is 0 Å². The van der Waals surface area contributed by atoms with Crippen LogP contribution in [-0.4, -0.2) is 35.5 Å². The maximum absolute atomic E-state index is 10.0. The van der Waals surface area contributed by atoms with Crippen LogP contribution in [-0.2, 0) is 9.47 Å². The van der Waals surface area contributed by atoms with Crippen molar-refractivity contribution >= 4 is 0 Å². The van der Waals surface area contributed by atoms with Crippen LogP contribution in [0.3, 0.4) is 0 Å². The van der Waals surface area contributed by atoms with E-state index < -0.39 is 11.6 Å². The number of hydrogen-bond acceptors (Lipinski definition) is 4. The maximum atomic E-state index is 10.0. The van der Waals surface area contributed by atoms with E-state index in [4.69, 9.17) is 9.47 Å². The summed E-state index contributed by atoms with van der Waals surface area (Å²) < 4.78 is 9.89. The van der Waals surface area contributed by atoms with Crippen LogP contribution in [0.4, 0.5) is 0 Å². The first-order valence-electron chi connectivity index (χ1n) is 10.2. The molecule has 0 aromatic rings. The van der Waals surface area contributed by atoms with E-state index in [9.17, 15) is 10.2 Å². The van der Waals surface area contributed by atoms with E-state index in [1.165, 1.54) is 84.2 Å². The molecule has 0 aromatic carbocycles. The number of unbranched alkanes of at least 4 members (excludes halogenated alkanes) is 13. The molecule has 24 heavy (non-hydrogen) atoms. The number of ether oxygens (including phenoxy) is 2. The predicted molar refractivity (Wildman–Crippen MR) is 97.8 cm³/mol. The van der Waals surface area contributed by atoms with Crippen LogP contribution in [0.25, 0.3) is 0 Å². The Labute approximate surface area is 148 Å². The lowest BCUT2D eigenvalue weighted by atomic mass is 10.0. The SMILES string of the molecule is CCCCCCCCCCCCCCCCC1(O)OC1(O)COC. The van der Waals surface area contributed by atoms with E-state index in [1.54, 1.807) is 0 Å². The smallest absolute Gasteiger partial charge is 0.247 e. The van der Waals surface area contributed by atoms with Gasteiger partial charge < -0.3 is 19.7 Å². The van der Waals surface area contributed by atoms with Crippen molar-refractivity contribution in [3.8, 4) is 0 Å². The third-order valence-electron chi connectivity index (χ3n) is 5.12. The van der Waals surface area contributed by atoms with Crippen LogP contribution in [0.5, 0.6) is 0 Å². The average Bonchev–Trinajstić information content (AvgIpc) is 3.09. The second-order valence-electron chi connectivity index (χ2n) is 7.45. The fourth-order valence-electron chi connectivity index (χ4n) is 3.40. The van der Waals surface area contributed by atoms with Crippen molar-refractivity contribution in [3.63, 3.8) is 0 Å². The summed E-state index contributed by atoms with van der Waals surface area (Å²) >= 11 is 0. The molecule has 0 amide bonds. The fourth-order valence-corrected chi connectivity index (χ4v) is 3.40. The molecule has 0 saturated carbocycles. The first-order chi connectivity index (χ1) is 11.6. The molecule has 1 rings (SSSR count). The fraction of sp³-hybridized carbons (Fsp3) is 1.00. The number of epoxide rings is 1. The first kappa shape index (κ1) is 21.9. The zero-order valence-corrected chi connectivity index (χ0v) is 16.0. The Kier molecular flexibility index (Phi) is 11.2. The maximum Gasteiger partial charge on any atom is 0.247 e. The molecule has 0 spiro atoms. The van der Waals surface area contributed by atoms with Crippen LogP contribution in [0, 0.1) is 0 Å². The summed E-state index contributed by atoms with van der Waals surface area (Å²) in [5.41, 5.74) is 0. The molecule has 2 unspecified atom stereocenters. The molecule has 0 radical (unpaired) electrons. The molecule has 1 heterocycles. The lowest BCUT2D eigenvalue weighted by Crippen LogP contribution is -2.30. The number of hydrogen-bond donors (Lipinski definition) is 2. The summed E-state index contributed by atoms with van der Waals surface area (Å²) in [4.78, 5) is 0. The molecule has 4 nitrogen and oxygen atoms in total. The number of methoxy groups -OCH3 is 1. The molecule has 1 aliphatic rings. The van der Waals surface area contributed by atoms with Gasteiger partial charge in [0.15, 0.2) is 0 Å². The summed E-state index contributed by atoms with van der Waals surface area (Å²) in [5.74, 6) is -2.85. The van der Waals surface area contributed by atoms with Crippen LogP contribution >= 0.6 is 0 Å². The van der Waals surface area contributed by atoms with Gasteiger partial charge in [0.1, 0.15) is 6.61 Å². The van der Waals surface area contributed by atoms with Crippen molar-refractivity contribution in [2.75, 3.05) is 13.7 Å². The Morgan fingerprint density at radius 3 is 1.50 bits per heavy atom. The van der Waals surface area contributed by atoms with Gasteiger partial charge in [-0.05, 0) is 6.42 Å². The molecule has 1 saturated heterocycles. The molecule has 2 N–H and O–H groups in total. The molecule has 2 atom stereocenters. The molecule has 1 fully saturated rings. The van der Waals surface area contributed by atoms with Crippen LogP contribution in [0.1, 0.15) is 103 Å². The minimum atomic E-state index is -1.47. The van der Waals surface area contributed by atoms with Crippen LogP contribution in [0.15, 0.2) is 0 Å². The Hall–Kier alpha value is -0.160. The zero-order chi connectivity index (χ0) is 17.7. The van der Waals surface area contributed by atoms with Crippen molar-refractivity contribution in [3.05, 3.63) is 0 Å². The van der Waals surface area contributed by atoms with Gasteiger partial charge in [0.2, 0.25) is 11.6 Å². The van der Waals surface area contributed by atoms with Gasteiger partial charge in [0.05, 0.1) is 0 Å². The van der Waals surface area contributed by atoms with E-state index in [2.05, 4.69) is 6.92 Å². The van der Waals surface area contributed by atoms with Gasteiger partial charge in [-0.1, -0.05) is 90.4 Å². The average molecular weight is 345 g/mol. The highest BCUT2D eigenvalue weighted by Gasteiger charge is 2.69. The predicted octanol–water partition coefficient (Wildman–Crippen LogP) is 4.91. The standard InChI is InChI=1S/C20H40O4/c1-3-4-5-6-7-8-9-10-11-12-13-14-15-16-17-19(21)20(22,24-19)18-23-2/h21-22H,3-18H2,1-2H3. The quantitative estimate of drug-likeness (QED) is 0.291. The van der Waals surface area contributed by atoms with Crippen molar-refractivity contribution in [1.82, 2.24) is 0 Å². The monoisotopic (exact) mass is 344 g/mol. The molecule has 4 heteroatoms. The topological polar surface area (TPSA) is 62.2 Å². The van der Waals surface area contributed by atoms with E-state index in [-0.39, 0.29) is 6.61 Å². The number of rotatable bonds is 17. The lowest BCUT2D eigenvalue weighted by Gasteiger charge is -2.09. The first-order valence-corrected chi connectivity index (χ1v) is 10.2.